The van der Waals surface area contributed by atoms with Gasteiger partial charge in [0.15, 0.2) is 0 Å². The Morgan fingerprint density at radius 1 is 1.10 bits per heavy atom. The normalized spacial score (nSPS) is 11.9. The number of hydrogen-bond acceptors (Lipinski definition) is 6. The molecule has 0 aliphatic carbocycles. The van der Waals surface area contributed by atoms with E-state index in [9.17, 15) is 13.5 Å². The monoisotopic (exact) mass is 307 g/mol. The summed E-state index contributed by atoms with van der Waals surface area (Å²) in [5, 5.41) is 17.3. The zero-order valence-electron chi connectivity index (χ0n) is 11.1. The first-order chi connectivity index (χ1) is 9.77. The molecule has 0 amide bonds. The van der Waals surface area contributed by atoms with Crippen LogP contribution in [0.2, 0.25) is 0 Å². The summed E-state index contributed by atoms with van der Waals surface area (Å²) in [6.07, 6.45) is 0. The molecule has 0 spiro atoms. The zero-order valence-corrected chi connectivity index (χ0v) is 11.9. The Morgan fingerprint density at radius 3 is 2.29 bits per heavy atom. The van der Waals surface area contributed by atoms with E-state index in [1.807, 2.05) is 0 Å². The molecule has 2 aromatic carbocycles. The van der Waals surface area contributed by atoms with E-state index in [4.69, 9.17) is 10.3 Å². The van der Waals surface area contributed by atoms with Gasteiger partial charge in [0.1, 0.15) is 11.4 Å². The molecular weight excluding hydrogens is 294 g/mol. The van der Waals surface area contributed by atoms with Crippen molar-refractivity contribution < 1.29 is 18.1 Å². The molecule has 21 heavy (non-hydrogen) atoms. The van der Waals surface area contributed by atoms with Crippen molar-refractivity contribution in [2.24, 2.45) is 10.2 Å². The highest BCUT2D eigenvalue weighted by atomic mass is 32.2. The minimum Gasteiger partial charge on any atom is -0.508 e. The highest BCUT2D eigenvalue weighted by Crippen LogP contribution is 2.31. The van der Waals surface area contributed by atoms with Crippen LogP contribution >= 0.6 is 0 Å². The number of hydrogen-bond donors (Lipinski definition) is 3. The number of phenols is 1. The maximum absolute atomic E-state index is 10.9. The summed E-state index contributed by atoms with van der Waals surface area (Å²) in [5.41, 5.74) is 7.38. The minimum atomic E-state index is -4.22. The lowest BCUT2D eigenvalue weighted by molar-refractivity contribution is 0.471. The molecular formula is C13H13N3O4S. The molecule has 0 unspecified atom stereocenters. The average Bonchev–Trinajstić information content (AvgIpc) is 2.41. The molecule has 7 nitrogen and oxygen atoms in total. The van der Waals surface area contributed by atoms with Crippen molar-refractivity contribution in [3.8, 4) is 5.75 Å². The third kappa shape index (κ3) is 3.56. The Labute approximate surface area is 121 Å². The minimum absolute atomic E-state index is 0.0731. The van der Waals surface area contributed by atoms with E-state index in [1.54, 1.807) is 13.0 Å². The topological polar surface area (TPSA) is 125 Å². The van der Waals surface area contributed by atoms with Crippen molar-refractivity contribution in [3.05, 3.63) is 42.0 Å². The van der Waals surface area contributed by atoms with Crippen LogP contribution in [-0.4, -0.2) is 18.1 Å². The van der Waals surface area contributed by atoms with Gasteiger partial charge in [0, 0.05) is 6.07 Å². The molecule has 0 atom stereocenters. The van der Waals surface area contributed by atoms with Crippen LogP contribution in [0.25, 0.3) is 0 Å². The van der Waals surface area contributed by atoms with Gasteiger partial charge in [0.25, 0.3) is 10.1 Å². The van der Waals surface area contributed by atoms with Gasteiger partial charge in [-0.1, -0.05) is 0 Å². The van der Waals surface area contributed by atoms with Crippen LogP contribution in [0.15, 0.2) is 51.5 Å². The second-order valence-corrected chi connectivity index (χ2v) is 5.79. The smallest absolute Gasteiger partial charge is 0.294 e. The fourth-order valence-electron chi connectivity index (χ4n) is 1.58. The number of benzene rings is 2. The lowest BCUT2D eigenvalue weighted by Gasteiger charge is -2.03. The number of aromatic hydroxyl groups is 1. The molecule has 0 aliphatic heterocycles. The van der Waals surface area contributed by atoms with Gasteiger partial charge in [-0.15, -0.1) is 5.11 Å². The van der Waals surface area contributed by atoms with Gasteiger partial charge in [-0.25, -0.2) is 0 Å². The number of nitrogens with zero attached hydrogens (tertiary/aromatic N) is 2. The molecule has 110 valence electrons. The highest BCUT2D eigenvalue weighted by molar-refractivity contribution is 7.85. The Balaban J connectivity index is 2.28. The van der Waals surface area contributed by atoms with E-state index in [-0.39, 0.29) is 16.3 Å². The van der Waals surface area contributed by atoms with Crippen LogP contribution in [0.3, 0.4) is 0 Å². The summed E-state index contributed by atoms with van der Waals surface area (Å²) >= 11 is 0. The number of nitrogens with two attached hydrogens (primary N) is 1. The summed E-state index contributed by atoms with van der Waals surface area (Å²) in [4.78, 5) is -0.221. The summed E-state index contributed by atoms with van der Waals surface area (Å²) < 4.78 is 30.7. The average molecular weight is 307 g/mol. The first-order valence-electron chi connectivity index (χ1n) is 5.86. The number of rotatable bonds is 3. The fourth-order valence-corrected chi connectivity index (χ4v) is 2.06. The molecule has 0 bridgehead atoms. The van der Waals surface area contributed by atoms with Crippen molar-refractivity contribution in [1.29, 1.82) is 0 Å². The van der Waals surface area contributed by atoms with Crippen LogP contribution in [0.1, 0.15) is 5.56 Å². The molecule has 0 aromatic heterocycles. The van der Waals surface area contributed by atoms with Crippen LogP contribution in [0.5, 0.6) is 5.75 Å². The van der Waals surface area contributed by atoms with Crippen molar-refractivity contribution >= 4 is 27.2 Å². The predicted molar refractivity (Wildman–Crippen MR) is 77.7 cm³/mol. The maximum atomic E-state index is 10.9. The van der Waals surface area contributed by atoms with E-state index < -0.39 is 10.1 Å². The SMILES string of the molecule is Cc1cc(N=Nc2ccc(S(=O)(=O)O)cc2)c(N)cc1O. The van der Waals surface area contributed by atoms with Crippen molar-refractivity contribution in [1.82, 2.24) is 0 Å². The van der Waals surface area contributed by atoms with Crippen LogP contribution in [-0.2, 0) is 10.1 Å². The summed E-state index contributed by atoms with van der Waals surface area (Å²) in [6.45, 7) is 1.70. The van der Waals surface area contributed by atoms with Gasteiger partial charge in [0.05, 0.1) is 16.3 Å². The maximum Gasteiger partial charge on any atom is 0.294 e. The van der Waals surface area contributed by atoms with E-state index >= 15 is 0 Å². The lowest BCUT2D eigenvalue weighted by atomic mass is 10.2. The number of nitrogen functional groups attached to an aromatic ring is 1. The van der Waals surface area contributed by atoms with Crippen LogP contribution in [0, 0.1) is 6.92 Å². The van der Waals surface area contributed by atoms with Gasteiger partial charge in [-0.05, 0) is 42.8 Å². The molecule has 2 rings (SSSR count). The van der Waals surface area contributed by atoms with E-state index in [2.05, 4.69) is 10.2 Å². The van der Waals surface area contributed by atoms with Gasteiger partial charge in [0.2, 0.25) is 0 Å². The second kappa shape index (κ2) is 5.51. The van der Waals surface area contributed by atoms with Gasteiger partial charge >= 0.3 is 0 Å². The molecule has 0 saturated carbocycles. The third-order valence-corrected chi connectivity index (χ3v) is 3.62. The molecule has 0 aliphatic rings. The summed E-state index contributed by atoms with van der Waals surface area (Å²) in [7, 11) is -4.22. The first kappa shape index (κ1) is 14.9. The number of azo groups is 1. The van der Waals surface area contributed by atoms with Gasteiger partial charge < -0.3 is 10.8 Å². The van der Waals surface area contributed by atoms with Gasteiger partial charge in [-0.3, -0.25) is 4.55 Å². The van der Waals surface area contributed by atoms with E-state index in [1.165, 1.54) is 30.3 Å². The van der Waals surface area contributed by atoms with E-state index in [0.29, 0.717) is 16.9 Å². The molecule has 4 N–H and O–H groups in total. The first-order valence-corrected chi connectivity index (χ1v) is 7.30. The van der Waals surface area contributed by atoms with Crippen LogP contribution < -0.4 is 5.73 Å². The van der Waals surface area contributed by atoms with Crippen molar-refractivity contribution in [2.45, 2.75) is 11.8 Å². The summed E-state index contributed by atoms with van der Waals surface area (Å²) in [5.74, 6) is 0.0731. The zero-order chi connectivity index (χ0) is 15.6. The quantitative estimate of drug-likeness (QED) is 0.456. The molecule has 0 fully saturated rings. The molecule has 0 radical (unpaired) electrons. The predicted octanol–water partition coefficient (Wildman–Crippen LogP) is 2.94. The Bertz CT molecular complexity index is 799. The highest BCUT2D eigenvalue weighted by Gasteiger charge is 2.08. The number of phenolic OH excluding ortho intramolecular Hbond substituents is 1. The molecule has 8 heteroatoms. The van der Waals surface area contributed by atoms with Gasteiger partial charge in [-0.2, -0.15) is 13.5 Å². The Kier molecular flexibility index (Phi) is 3.92. The third-order valence-electron chi connectivity index (χ3n) is 2.75. The van der Waals surface area contributed by atoms with Crippen molar-refractivity contribution in [2.75, 3.05) is 5.73 Å². The number of anilines is 1. The lowest BCUT2D eigenvalue weighted by Crippen LogP contribution is -1.96. The molecule has 0 saturated heterocycles. The Morgan fingerprint density at radius 2 is 1.71 bits per heavy atom. The second-order valence-electron chi connectivity index (χ2n) is 4.37. The fraction of sp³-hybridized carbons (Fsp3) is 0.0769. The Hall–Kier alpha value is -2.45. The molecule has 0 heterocycles. The standard InChI is InChI=1S/C13H13N3O4S/c1-8-6-12(11(14)7-13(8)17)16-15-9-2-4-10(5-3-9)21(18,19)20/h2-7,17H,14H2,1H3,(H,18,19,20). The van der Waals surface area contributed by atoms with E-state index in [0.717, 1.165) is 0 Å². The number of aryl methyl sites for hydroxylation is 1. The molecule has 2 aromatic rings. The van der Waals surface area contributed by atoms with Crippen LogP contribution in [0.4, 0.5) is 17.1 Å². The van der Waals surface area contributed by atoms with Crippen molar-refractivity contribution in [3.63, 3.8) is 0 Å². The largest absolute Gasteiger partial charge is 0.508 e. The summed E-state index contributed by atoms with van der Waals surface area (Å²) in [6, 6.07) is 8.20.